The molecule has 0 aromatic carbocycles. The Bertz CT molecular complexity index is 434. The number of carbonyl (C=O) groups is 1. The zero-order valence-electron chi connectivity index (χ0n) is 15.2. The van der Waals surface area contributed by atoms with Crippen LogP contribution in [-0.4, -0.2) is 42.0 Å². The van der Waals surface area contributed by atoms with Gasteiger partial charge >= 0.3 is 5.97 Å². The van der Waals surface area contributed by atoms with Crippen LogP contribution in [0.15, 0.2) is 0 Å². The number of rotatable bonds is 6. The summed E-state index contributed by atoms with van der Waals surface area (Å²) >= 11 is 0. The lowest BCUT2D eigenvalue weighted by atomic mass is 10.1. The van der Waals surface area contributed by atoms with Crippen LogP contribution < -0.4 is 0 Å². The molecule has 0 aliphatic rings. The van der Waals surface area contributed by atoms with Crippen molar-refractivity contribution in [1.29, 1.82) is 0 Å². The van der Waals surface area contributed by atoms with Gasteiger partial charge in [0.05, 0.1) is 20.1 Å². The van der Waals surface area contributed by atoms with Gasteiger partial charge in [-0.2, -0.15) is 0 Å². The molecule has 0 N–H and O–H groups in total. The largest absolute Gasteiger partial charge is 0.469 e. The fourth-order valence-electron chi connectivity index (χ4n) is 1.99. The summed E-state index contributed by atoms with van der Waals surface area (Å²) in [6, 6.07) is 0. The molecule has 0 amide bonds. The molecule has 0 saturated carbocycles. The van der Waals surface area contributed by atoms with Gasteiger partial charge in [-0.1, -0.05) is 33.1 Å². The first-order valence-electron chi connectivity index (χ1n) is 7.90. The summed E-state index contributed by atoms with van der Waals surface area (Å²) in [6.45, 7) is 8.91. The first kappa shape index (κ1) is 20.5. The molecule has 1 heterocycles. The quantitative estimate of drug-likeness (QED) is 0.756. The summed E-state index contributed by atoms with van der Waals surface area (Å²) in [5.41, 5.74) is 2.55. The van der Waals surface area contributed by atoms with Crippen molar-refractivity contribution in [1.82, 2.24) is 14.9 Å². The number of aryl methyl sites for hydroxylation is 2. The average molecular weight is 309 g/mol. The zero-order chi connectivity index (χ0) is 17.1. The van der Waals surface area contributed by atoms with E-state index < -0.39 is 0 Å². The van der Waals surface area contributed by atoms with E-state index in [4.69, 9.17) is 0 Å². The topological polar surface area (TPSA) is 55.3 Å². The van der Waals surface area contributed by atoms with Crippen molar-refractivity contribution in [3.8, 4) is 0 Å². The van der Waals surface area contributed by atoms with Crippen molar-refractivity contribution in [2.24, 2.45) is 0 Å². The number of ether oxygens (including phenoxy) is 1. The predicted molar refractivity (Wildman–Crippen MR) is 89.8 cm³/mol. The van der Waals surface area contributed by atoms with E-state index in [0.29, 0.717) is 6.54 Å². The van der Waals surface area contributed by atoms with Crippen LogP contribution in [0.4, 0.5) is 0 Å². The number of carbonyl (C=O) groups excluding carboxylic acids is 1. The number of esters is 1. The van der Waals surface area contributed by atoms with Gasteiger partial charge in [0.1, 0.15) is 5.82 Å². The van der Waals surface area contributed by atoms with Gasteiger partial charge in [0.15, 0.2) is 0 Å². The van der Waals surface area contributed by atoms with Crippen LogP contribution in [0, 0.1) is 13.8 Å². The van der Waals surface area contributed by atoms with Crippen molar-refractivity contribution >= 4 is 5.97 Å². The molecule has 0 radical (unpaired) electrons. The second-order valence-corrected chi connectivity index (χ2v) is 5.63. The molecule has 5 nitrogen and oxygen atoms in total. The first-order valence-corrected chi connectivity index (χ1v) is 7.90. The third-order valence-electron chi connectivity index (χ3n) is 3.18. The Labute approximate surface area is 135 Å². The molecule has 22 heavy (non-hydrogen) atoms. The Morgan fingerprint density at radius 1 is 1.09 bits per heavy atom. The van der Waals surface area contributed by atoms with Gasteiger partial charge in [0.2, 0.25) is 0 Å². The summed E-state index contributed by atoms with van der Waals surface area (Å²) < 4.78 is 4.66. The van der Waals surface area contributed by atoms with Crippen molar-refractivity contribution in [2.75, 3.05) is 21.2 Å². The second kappa shape index (κ2) is 11.1. The number of hydrogen-bond acceptors (Lipinski definition) is 5. The van der Waals surface area contributed by atoms with E-state index in [1.54, 1.807) is 0 Å². The van der Waals surface area contributed by atoms with Crippen molar-refractivity contribution in [3.05, 3.63) is 22.8 Å². The molecular formula is C17H31N3O2. The SMILES string of the molecule is CCCCC.COC(=O)Cc1c(C)nc(CN(C)C)nc1C. The molecule has 1 rings (SSSR count). The molecule has 0 atom stereocenters. The van der Waals surface area contributed by atoms with E-state index in [9.17, 15) is 4.79 Å². The lowest BCUT2D eigenvalue weighted by Crippen LogP contribution is -2.16. The molecule has 1 aromatic rings. The molecule has 0 fully saturated rings. The van der Waals surface area contributed by atoms with Gasteiger partial charge in [0, 0.05) is 17.0 Å². The highest BCUT2D eigenvalue weighted by Crippen LogP contribution is 2.12. The molecular weight excluding hydrogens is 278 g/mol. The smallest absolute Gasteiger partial charge is 0.310 e. The Morgan fingerprint density at radius 2 is 1.59 bits per heavy atom. The van der Waals surface area contributed by atoms with E-state index in [2.05, 4.69) is 28.6 Å². The molecule has 0 bridgehead atoms. The van der Waals surface area contributed by atoms with Gasteiger partial charge in [-0.25, -0.2) is 9.97 Å². The summed E-state index contributed by atoms with van der Waals surface area (Å²) in [4.78, 5) is 22.1. The van der Waals surface area contributed by atoms with E-state index in [1.165, 1.54) is 26.4 Å². The molecule has 0 aliphatic carbocycles. The van der Waals surface area contributed by atoms with E-state index >= 15 is 0 Å². The normalized spacial score (nSPS) is 10.2. The number of hydrogen-bond donors (Lipinski definition) is 0. The Kier molecular flexibility index (Phi) is 10.4. The highest BCUT2D eigenvalue weighted by molar-refractivity contribution is 5.73. The van der Waals surface area contributed by atoms with Crippen LogP contribution in [0.2, 0.25) is 0 Å². The van der Waals surface area contributed by atoms with Crippen LogP contribution in [0.5, 0.6) is 0 Å². The minimum atomic E-state index is -0.264. The lowest BCUT2D eigenvalue weighted by molar-refractivity contribution is -0.139. The van der Waals surface area contributed by atoms with E-state index in [-0.39, 0.29) is 12.4 Å². The molecule has 0 spiro atoms. The maximum Gasteiger partial charge on any atom is 0.310 e. The fourth-order valence-corrected chi connectivity index (χ4v) is 1.99. The molecule has 5 heteroatoms. The number of nitrogens with zero attached hydrogens (tertiary/aromatic N) is 3. The van der Waals surface area contributed by atoms with E-state index in [1.807, 2.05) is 32.8 Å². The maximum atomic E-state index is 11.3. The highest BCUT2D eigenvalue weighted by Gasteiger charge is 2.12. The van der Waals surface area contributed by atoms with Crippen molar-refractivity contribution in [2.45, 2.75) is 59.9 Å². The van der Waals surface area contributed by atoms with Gasteiger partial charge in [-0.15, -0.1) is 0 Å². The van der Waals surface area contributed by atoms with Gasteiger partial charge in [-0.3, -0.25) is 4.79 Å². The van der Waals surface area contributed by atoms with E-state index in [0.717, 1.165) is 22.8 Å². The van der Waals surface area contributed by atoms with Crippen LogP contribution in [-0.2, 0) is 22.5 Å². The van der Waals surface area contributed by atoms with Crippen LogP contribution in [0.1, 0.15) is 55.9 Å². The summed E-state index contributed by atoms with van der Waals surface area (Å²) in [5, 5.41) is 0. The van der Waals surface area contributed by atoms with Gasteiger partial charge in [0.25, 0.3) is 0 Å². The zero-order valence-corrected chi connectivity index (χ0v) is 15.2. The monoisotopic (exact) mass is 309 g/mol. The van der Waals surface area contributed by atoms with Crippen LogP contribution >= 0.6 is 0 Å². The Hall–Kier alpha value is -1.49. The van der Waals surface area contributed by atoms with Gasteiger partial charge in [-0.05, 0) is 27.9 Å². The fraction of sp³-hybridized carbons (Fsp3) is 0.706. The standard InChI is InChI=1S/C12H19N3O2.C5H12/c1-8-10(6-12(16)17-5)9(2)14-11(13-8)7-15(3)4;1-3-5-4-2/h6-7H2,1-5H3;3-5H2,1-2H3. The summed E-state index contributed by atoms with van der Waals surface area (Å²) in [7, 11) is 5.32. The minimum Gasteiger partial charge on any atom is -0.469 e. The summed E-state index contributed by atoms with van der Waals surface area (Å²) in [5.74, 6) is 0.513. The third-order valence-corrected chi connectivity index (χ3v) is 3.18. The highest BCUT2D eigenvalue weighted by atomic mass is 16.5. The Morgan fingerprint density at radius 3 is 1.91 bits per heavy atom. The molecule has 0 saturated heterocycles. The maximum absolute atomic E-state index is 11.3. The molecule has 1 aromatic heterocycles. The lowest BCUT2D eigenvalue weighted by Gasteiger charge is -2.12. The number of methoxy groups -OCH3 is 1. The van der Waals surface area contributed by atoms with Gasteiger partial charge < -0.3 is 9.64 Å². The average Bonchev–Trinajstić information content (AvgIpc) is 2.43. The molecule has 126 valence electrons. The Balaban J connectivity index is 0.000000763. The van der Waals surface area contributed by atoms with Crippen molar-refractivity contribution in [3.63, 3.8) is 0 Å². The van der Waals surface area contributed by atoms with Crippen LogP contribution in [0.3, 0.4) is 0 Å². The second-order valence-electron chi connectivity index (χ2n) is 5.63. The number of unbranched alkanes of at least 4 members (excludes halogenated alkanes) is 2. The predicted octanol–water partition coefficient (Wildman–Crippen LogP) is 3.07. The molecule has 0 unspecified atom stereocenters. The summed E-state index contributed by atoms with van der Waals surface area (Å²) in [6.07, 6.45) is 4.31. The first-order chi connectivity index (χ1) is 10.3. The number of aromatic nitrogens is 2. The van der Waals surface area contributed by atoms with Crippen LogP contribution in [0.25, 0.3) is 0 Å². The third kappa shape index (κ3) is 8.08. The van der Waals surface area contributed by atoms with Crippen molar-refractivity contribution < 1.29 is 9.53 Å². The molecule has 0 aliphatic heterocycles. The minimum absolute atomic E-state index is 0.233.